The van der Waals surface area contributed by atoms with Gasteiger partial charge >= 0.3 is 5.97 Å². The van der Waals surface area contributed by atoms with Crippen LogP contribution in [-0.2, 0) is 16.0 Å². The van der Waals surface area contributed by atoms with E-state index in [0.717, 1.165) is 5.01 Å². The Balaban J connectivity index is 2.29. The molecule has 0 amide bonds. The zero-order chi connectivity index (χ0) is 8.10. The quantitative estimate of drug-likeness (QED) is 0.628. The van der Waals surface area contributed by atoms with E-state index in [1.54, 1.807) is 5.51 Å². The summed E-state index contributed by atoms with van der Waals surface area (Å²) in [4.78, 5) is 10.6. The molecule has 0 saturated carbocycles. The van der Waals surface area contributed by atoms with Gasteiger partial charge in [-0.05, 0) is 0 Å². The number of ether oxygens (including phenoxy) is 1. The van der Waals surface area contributed by atoms with Gasteiger partial charge in [-0.15, -0.1) is 21.5 Å². The number of rotatable bonds is 3. The summed E-state index contributed by atoms with van der Waals surface area (Å²) < 4.78 is 4.47. The third kappa shape index (κ3) is 2.63. The van der Waals surface area contributed by atoms with Crippen LogP contribution in [0.2, 0.25) is 0 Å². The van der Waals surface area contributed by atoms with Gasteiger partial charge in [-0.3, -0.25) is 4.79 Å². The van der Waals surface area contributed by atoms with Crippen LogP contribution in [0.25, 0.3) is 0 Å². The molecule has 0 N–H and O–H groups in total. The third-order valence-corrected chi connectivity index (χ3v) is 1.93. The second-order valence-corrected chi connectivity index (χ2v) is 2.83. The van der Waals surface area contributed by atoms with Crippen LogP contribution in [0.3, 0.4) is 0 Å². The molecule has 5 heteroatoms. The molecule has 0 aliphatic carbocycles. The van der Waals surface area contributed by atoms with Crippen LogP contribution in [0.1, 0.15) is 11.4 Å². The van der Waals surface area contributed by atoms with Gasteiger partial charge in [0.2, 0.25) is 0 Å². The van der Waals surface area contributed by atoms with Crippen LogP contribution in [0.4, 0.5) is 0 Å². The van der Waals surface area contributed by atoms with E-state index >= 15 is 0 Å². The molecule has 0 saturated heterocycles. The van der Waals surface area contributed by atoms with Crippen LogP contribution in [0, 0.1) is 0 Å². The summed E-state index contributed by atoms with van der Waals surface area (Å²) in [7, 11) is 1.38. The number of aryl methyl sites for hydroxylation is 1. The van der Waals surface area contributed by atoms with Crippen molar-refractivity contribution < 1.29 is 9.53 Å². The van der Waals surface area contributed by atoms with Crippen LogP contribution in [-0.4, -0.2) is 23.3 Å². The molecule has 0 spiro atoms. The lowest BCUT2D eigenvalue weighted by molar-refractivity contribution is -0.140. The highest BCUT2D eigenvalue weighted by Crippen LogP contribution is 2.04. The van der Waals surface area contributed by atoms with E-state index in [4.69, 9.17) is 0 Å². The standard InChI is InChI=1S/C6H8N2O2S/c1-10-6(9)3-2-5-8-7-4-11-5/h4H,2-3H2,1H3. The van der Waals surface area contributed by atoms with E-state index in [1.165, 1.54) is 18.4 Å². The molecule has 0 aromatic carbocycles. The Morgan fingerprint density at radius 1 is 1.82 bits per heavy atom. The summed E-state index contributed by atoms with van der Waals surface area (Å²) in [5, 5.41) is 8.30. The molecule has 1 heterocycles. The van der Waals surface area contributed by atoms with Crippen molar-refractivity contribution in [3.05, 3.63) is 10.5 Å². The molecule has 11 heavy (non-hydrogen) atoms. The van der Waals surface area contributed by atoms with Gasteiger partial charge in [-0.25, -0.2) is 0 Å². The fourth-order valence-corrected chi connectivity index (χ4v) is 1.15. The molecule has 0 aliphatic rings. The predicted octanol–water partition coefficient (Wildman–Crippen LogP) is 0.644. The maximum absolute atomic E-state index is 10.6. The second kappa shape index (κ2) is 4.02. The van der Waals surface area contributed by atoms with E-state index in [-0.39, 0.29) is 5.97 Å². The normalized spacial score (nSPS) is 9.55. The number of carbonyl (C=O) groups is 1. The van der Waals surface area contributed by atoms with Crippen molar-refractivity contribution in [3.63, 3.8) is 0 Å². The lowest BCUT2D eigenvalue weighted by Crippen LogP contribution is -2.01. The molecule has 0 bridgehead atoms. The number of nitrogens with zero attached hydrogens (tertiary/aromatic N) is 2. The average Bonchev–Trinajstić information content (AvgIpc) is 2.52. The molecular weight excluding hydrogens is 164 g/mol. The Morgan fingerprint density at radius 3 is 3.18 bits per heavy atom. The fraction of sp³-hybridized carbons (Fsp3) is 0.500. The van der Waals surface area contributed by atoms with Crippen LogP contribution in [0.15, 0.2) is 5.51 Å². The smallest absolute Gasteiger partial charge is 0.305 e. The highest BCUT2D eigenvalue weighted by Gasteiger charge is 2.02. The van der Waals surface area contributed by atoms with E-state index in [0.29, 0.717) is 12.8 Å². The van der Waals surface area contributed by atoms with Gasteiger partial charge in [-0.1, -0.05) is 0 Å². The molecular formula is C6H8N2O2S. The van der Waals surface area contributed by atoms with Crippen LogP contribution < -0.4 is 0 Å². The number of esters is 1. The Morgan fingerprint density at radius 2 is 2.64 bits per heavy atom. The zero-order valence-corrected chi connectivity index (χ0v) is 6.93. The molecule has 1 aromatic rings. The minimum Gasteiger partial charge on any atom is -0.469 e. The van der Waals surface area contributed by atoms with Gasteiger partial charge in [0, 0.05) is 6.42 Å². The number of carbonyl (C=O) groups excluding carboxylic acids is 1. The van der Waals surface area contributed by atoms with Crippen molar-refractivity contribution in [1.29, 1.82) is 0 Å². The van der Waals surface area contributed by atoms with E-state index in [9.17, 15) is 4.79 Å². The molecule has 0 aliphatic heterocycles. The number of hydrogen-bond donors (Lipinski definition) is 0. The van der Waals surface area contributed by atoms with Gasteiger partial charge in [-0.2, -0.15) is 0 Å². The third-order valence-electron chi connectivity index (χ3n) is 1.18. The minimum absolute atomic E-state index is 0.208. The first kappa shape index (κ1) is 8.13. The van der Waals surface area contributed by atoms with Gasteiger partial charge in [0.25, 0.3) is 0 Å². The van der Waals surface area contributed by atoms with Crippen molar-refractivity contribution >= 4 is 17.3 Å². The summed E-state index contributed by atoms with van der Waals surface area (Å²) in [6.45, 7) is 0. The monoisotopic (exact) mass is 172 g/mol. The lowest BCUT2D eigenvalue weighted by Gasteiger charge is -1.94. The molecule has 60 valence electrons. The Kier molecular flexibility index (Phi) is 2.97. The van der Waals surface area contributed by atoms with Crippen molar-refractivity contribution in [2.24, 2.45) is 0 Å². The summed E-state index contributed by atoms with van der Waals surface area (Å²) in [6, 6.07) is 0. The Labute approximate surface area is 68.2 Å². The fourth-order valence-electron chi connectivity index (χ4n) is 0.616. The molecule has 1 rings (SSSR count). The van der Waals surface area contributed by atoms with E-state index < -0.39 is 0 Å². The predicted molar refractivity (Wildman–Crippen MR) is 40.2 cm³/mol. The summed E-state index contributed by atoms with van der Waals surface area (Å²) >= 11 is 1.45. The molecule has 0 unspecified atom stereocenters. The number of aromatic nitrogens is 2. The second-order valence-electron chi connectivity index (χ2n) is 1.91. The summed E-state index contributed by atoms with van der Waals surface area (Å²) in [5.74, 6) is -0.208. The van der Waals surface area contributed by atoms with Gasteiger partial charge in [0.05, 0.1) is 13.5 Å². The largest absolute Gasteiger partial charge is 0.469 e. The number of hydrogen-bond acceptors (Lipinski definition) is 5. The lowest BCUT2D eigenvalue weighted by atomic mass is 10.3. The first-order valence-corrected chi connectivity index (χ1v) is 4.02. The minimum atomic E-state index is -0.208. The maximum Gasteiger partial charge on any atom is 0.305 e. The van der Waals surface area contributed by atoms with E-state index in [1.807, 2.05) is 0 Å². The van der Waals surface area contributed by atoms with Crippen LogP contribution in [0.5, 0.6) is 0 Å². The van der Waals surface area contributed by atoms with Gasteiger partial charge in [0.15, 0.2) is 0 Å². The zero-order valence-electron chi connectivity index (χ0n) is 6.11. The van der Waals surface area contributed by atoms with Crippen molar-refractivity contribution in [2.75, 3.05) is 7.11 Å². The average molecular weight is 172 g/mol. The highest BCUT2D eigenvalue weighted by atomic mass is 32.1. The summed E-state index contributed by atoms with van der Waals surface area (Å²) in [5.41, 5.74) is 1.65. The SMILES string of the molecule is COC(=O)CCc1nncs1. The highest BCUT2D eigenvalue weighted by molar-refractivity contribution is 7.09. The van der Waals surface area contributed by atoms with Crippen molar-refractivity contribution in [1.82, 2.24) is 10.2 Å². The Hall–Kier alpha value is -0.970. The molecule has 0 radical (unpaired) electrons. The van der Waals surface area contributed by atoms with Gasteiger partial charge < -0.3 is 4.74 Å². The van der Waals surface area contributed by atoms with E-state index in [2.05, 4.69) is 14.9 Å². The maximum atomic E-state index is 10.6. The Bertz CT molecular complexity index is 222. The first-order chi connectivity index (χ1) is 5.33. The van der Waals surface area contributed by atoms with Crippen molar-refractivity contribution in [2.45, 2.75) is 12.8 Å². The summed E-state index contributed by atoms with van der Waals surface area (Å²) in [6.07, 6.45) is 1.00. The number of methoxy groups -OCH3 is 1. The molecule has 4 nitrogen and oxygen atoms in total. The van der Waals surface area contributed by atoms with Crippen LogP contribution >= 0.6 is 11.3 Å². The molecule has 1 aromatic heterocycles. The molecule has 0 atom stereocenters. The van der Waals surface area contributed by atoms with Gasteiger partial charge in [0.1, 0.15) is 10.5 Å². The van der Waals surface area contributed by atoms with Crippen molar-refractivity contribution in [3.8, 4) is 0 Å². The molecule has 0 fully saturated rings. The topological polar surface area (TPSA) is 52.1 Å². The first-order valence-electron chi connectivity index (χ1n) is 3.15.